The molecule has 2 aliphatic heterocycles. The van der Waals surface area contributed by atoms with Crippen molar-refractivity contribution in [2.75, 3.05) is 27.3 Å². The molecule has 0 aromatic carbocycles. The Kier molecular flexibility index (Phi) is 8.90. The number of carbonyl (C=O) groups excluding carboxylic acids is 1. The van der Waals surface area contributed by atoms with Crippen molar-refractivity contribution in [1.82, 2.24) is 24.8 Å². The molecule has 3 aromatic heterocycles. The molecule has 0 spiro atoms. The highest BCUT2D eigenvalue weighted by molar-refractivity contribution is 5.85. The average Bonchev–Trinajstić information content (AvgIpc) is 3.68. The highest BCUT2D eigenvalue weighted by Crippen LogP contribution is 2.42. The van der Waals surface area contributed by atoms with Gasteiger partial charge in [-0.25, -0.2) is 4.98 Å². The van der Waals surface area contributed by atoms with Gasteiger partial charge in [0, 0.05) is 78.0 Å². The Bertz CT molecular complexity index is 1750. The van der Waals surface area contributed by atoms with Crippen molar-refractivity contribution < 1.29 is 14.6 Å². The van der Waals surface area contributed by atoms with Crippen molar-refractivity contribution in [3.05, 3.63) is 68.8 Å². The van der Waals surface area contributed by atoms with Gasteiger partial charge in [-0.1, -0.05) is 13.8 Å². The normalized spacial score (nSPS) is 16.4. The molecule has 0 saturated carbocycles. The number of rotatable bonds is 8. The summed E-state index contributed by atoms with van der Waals surface area (Å²) in [6, 6.07) is 6.37. The third-order valence-electron chi connectivity index (χ3n) is 9.44. The van der Waals surface area contributed by atoms with Crippen LogP contribution in [0.1, 0.15) is 96.0 Å². The van der Waals surface area contributed by atoms with E-state index in [1.54, 1.807) is 12.0 Å². The van der Waals surface area contributed by atoms with Crippen molar-refractivity contribution in [3.8, 4) is 0 Å². The maximum Gasteiger partial charge on any atom is 0.222 e. The Labute approximate surface area is 254 Å². The smallest absolute Gasteiger partial charge is 0.222 e. The quantitative estimate of drug-likeness (QED) is 0.276. The molecular formula is C35H45N5O3. The minimum atomic E-state index is -0.0614. The van der Waals surface area contributed by atoms with Crippen LogP contribution in [0, 0.1) is 20.8 Å². The van der Waals surface area contributed by atoms with Crippen LogP contribution in [0.25, 0.3) is 33.7 Å². The van der Waals surface area contributed by atoms with Gasteiger partial charge in [-0.05, 0) is 92.6 Å². The minimum Gasteiger partial charge on any atom is -0.392 e. The molecule has 3 aromatic rings. The number of ether oxygens (including phenoxy) is 1. The first-order valence-corrected chi connectivity index (χ1v) is 15.3. The molecule has 8 bridgehead atoms. The minimum absolute atomic E-state index is 0.0614. The molecule has 0 unspecified atom stereocenters. The SMILES string of the molecule is CCc1c(C)c2cc3[nH]c(cc4nc(c(C)c5nc(cc1[nH]2)C(C)=C5)[C@@H](CCC(=O)N(C)CCOC)[C@@H]4C)c(C)c3CO. The van der Waals surface area contributed by atoms with E-state index >= 15 is 0 Å². The van der Waals surface area contributed by atoms with E-state index < -0.39 is 0 Å². The van der Waals surface area contributed by atoms with E-state index in [1.165, 1.54) is 11.1 Å². The lowest BCUT2D eigenvalue weighted by Crippen LogP contribution is -2.30. The largest absolute Gasteiger partial charge is 0.392 e. The molecule has 0 saturated heterocycles. The monoisotopic (exact) mass is 583 g/mol. The summed E-state index contributed by atoms with van der Waals surface area (Å²) in [5.41, 5.74) is 14.2. The summed E-state index contributed by atoms with van der Waals surface area (Å²) in [4.78, 5) is 32.3. The summed E-state index contributed by atoms with van der Waals surface area (Å²) in [5.74, 6) is 0.286. The topological polar surface area (TPSA) is 107 Å². The van der Waals surface area contributed by atoms with Gasteiger partial charge in [0.25, 0.3) is 0 Å². The molecule has 228 valence electrons. The van der Waals surface area contributed by atoms with Crippen LogP contribution in [0.5, 0.6) is 0 Å². The number of likely N-dealkylation sites (N-methyl/N-ethyl adjacent to an activating group) is 1. The lowest BCUT2D eigenvalue weighted by atomic mass is 9.85. The number of aromatic nitrogens is 4. The molecule has 8 nitrogen and oxygen atoms in total. The number of aryl methyl sites for hydroxylation is 3. The standard InChI is InChI=1S/C35H45N5O3/c1-9-24-20(3)30-17-33-26(18-41)22(5)29(38-33)16-31-21(4)25(10-11-34(42)40(7)12-13-43-8)35(39-31)23(6)28-14-19(2)27(36-28)15-32(24)37-30/h14-17,21,25,37-38,41H,9-13,18H2,1-8H3/t21-,25-/m0/s1. The van der Waals surface area contributed by atoms with E-state index in [4.69, 9.17) is 14.7 Å². The first-order chi connectivity index (χ1) is 20.6. The van der Waals surface area contributed by atoms with Crippen LogP contribution in [0.3, 0.4) is 0 Å². The summed E-state index contributed by atoms with van der Waals surface area (Å²) in [6.45, 7) is 13.8. The van der Waals surface area contributed by atoms with Gasteiger partial charge in [0.05, 0.1) is 24.6 Å². The Morgan fingerprint density at radius 1 is 0.977 bits per heavy atom. The molecule has 1 amide bonds. The zero-order valence-corrected chi connectivity index (χ0v) is 26.8. The van der Waals surface area contributed by atoms with E-state index in [2.05, 4.69) is 68.9 Å². The van der Waals surface area contributed by atoms with Crippen LogP contribution < -0.4 is 0 Å². The van der Waals surface area contributed by atoms with Gasteiger partial charge < -0.3 is 24.7 Å². The van der Waals surface area contributed by atoms with Gasteiger partial charge in [-0.3, -0.25) is 9.78 Å². The van der Waals surface area contributed by atoms with Gasteiger partial charge in [0.15, 0.2) is 0 Å². The van der Waals surface area contributed by atoms with Gasteiger partial charge in [-0.15, -0.1) is 0 Å². The summed E-state index contributed by atoms with van der Waals surface area (Å²) < 4.78 is 5.16. The van der Waals surface area contributed by atoms with Crippen LogP contribution in [0.15, 0.2) is 18.2 Å². The molecule has 0 aliphatic carbocycles. The zero-order valence-electron chi connectivity index (χ0n) is 26.8. The summed E-state index contributed by atoms with van der Waals surface area (Å²) in [6.07, 6.45) is 4.17. The predicted octanol–water partition coefficient (Wildman–Crippen LogP) is 6.63. The predicted molar refractivity (Wildman–Crippen MR) is 174 cm³/mol. The highest BCUT2D eigenvalue weighted by Gasteiger charge is 2.31. The second-order valence-corrected chi connectivity index (χ2v) is 12.1. The number of fused-ring (bicyclic) bond motifs is 8. The van der Waals surface area contributed by atoms with Crippen LogP contribution >= 0.6 is 0 Å². The van der Waals surface area contributed by atoms with E-state index in [1.807, 2.05) is 14.0 Å². The Hall–Kier alpha value is -3.75. The fraction of sp³-hybridized carbons (Fsp3) is 0.457. The number of aliphatic hydroxyl groups excluding tert-OH is 1. The van der Waals surface area contributed by atoms with Crippen LogP contribution in [-0.2, 0) is 22.6 Å². The zero-order chi connectivity index (χ0) is 31.0. The van der Waals surface area contributed by atoms with E-state index in [9.17, 15) is 9.90 Å². The fourth-order valence-electron chi connectivity index (χ4n) is 6.48. The number of nitrogens with zero attached hydrogens (tertiary/aromatic N) is 3. The van der Waals surface area contributed by atoms with E-state index in [0.717, 1.165) is 73.5 Å². The molecule has 8 heteroatoms. The first kappa shape index (κ1) is 30.7. The fourth-order valence-corrected chi connectivity index (χ4v) is 6.48. The number of H-pyrrole nitrogens is 2. The second-order valence-electron chi connectivity index (χ2n) is 12.1. The van der Waals surface area contributed by atoms with Crippen molar-refractivity contribution in [3.63, 3.8) is 0 Å². The Morgan fingerprint density at radius 3 is 2.33 bits per heavy atom. The maximum absolute atomic E-state index is 13.0. The number of carbonyl (C=O) groups is 1. The third-order valence-corrected chi connectivity index (χ3v) is 9.44. The van der Waals surface area contributed by atoms with Gasteiger partial charge in [-0.2, -0.15) is 0 Å². The number of aliphatic hydroxyl groups is 1. The highest BCUT2D eigenvalue weighted by atomic mass is 16.5. The lowest BCUT2D eigenvalue weighted by molar-refractivity contribution is -0.130. The van der Waals surface area contributed by atoms with E-state index in [0.29, 0.717) is 26.0 Å². The molecule has 43 heavy (non-hydrogen) atoms. The number of hydrogen-bond acceptors (Lipinski definition) is 5. The molecule has 0 fully saturated rings. The number of hydrogen-bond donors (Lipinski definition) is 3. The first-order valence-electron chi connectivity index (χ1n) is 15.3. The molecule has 3 N–H and O–H groups in total. The van der Waals surface area contributed by atoms with Crippen LogP contribution in [0.4, 0.5) is 0 Å². The summed E-state index contributed by atoms with van der Waals surface area (Å²) in [7, 11) is 3.48. The van der Waals surface area contributed by atoms with E-state index in [-0.39, 0.29) is 24.3 Å². The van der Waals surface area contributed by atoms with Gasteiger partial charge >= 0.3 is 0 Å². The van der Waals surface area contributed by atoms with Gasteiger partial charge in [0.2, 0.25) is 5.91 Å². The van der Waals surface area contributed by atoms with Crippen molar-refractivity contribution >= 4 is 39.6 Å². The van der Waals surface area contributed by atoms with Crippen molar-refractivity contribution in [1.29, 1.82) is 0 Å². The molecule has 2 atom stereocenters. The van der Waals surface area contributed by atoms with Crippen molar-refractivity contribution in [2.45, 2.75) is 79.2 Å². The number of allylic oxidation sites excluding steroid dienone is 1. The number of nitrogens with one attached hydrogen (secondary N) is 2. The molecular weight excluding hydrogens is 538 g/mol. The average molecular weight is 584 g/mol. The van der Waals surface area contributed by atoms with Crippen LogP contribution in [-0.4, -0.2) is 63.2 Å². The van der Waals surface area contributed by atoms with Gasteiger partial charge in [0.1, 0.15) is 0 Å². The lowest BCUT2D eigenvalue weighted by Gasteiger charge is -2.20. The molecule has 0 radical (unpaired) electrons. The summed E-state index contributed by atoms with van der Waals surface area (Å²) >= 11 is 0. The molecule has 2 aliphatic rings. The molecule has 5 heterocycles. The number of aromatic amines is 2. The second kappa shape index (κ2) is 12.5. The summed E-state index contributed by atoms with van der Waals surface area (Å²) in [5, 5.41) is 10.4. The number of methoxy groups -OCH3 is 1. The number of amides is 1. The third kappa shape index (κ3) is 5.78. The Morgan fingerprint density at radius 2 is 1.65 bits per heavy atom. The van der Waals surface area contributed by atoms with Crippen molar-refractivity contribution in [2.24, 2.45) is 0 Å². The molecule has 5 rings (SSSR count). The maximum atomic E-state index is 13.0. The van der Waals surface area contributed by atoms with Crippen LogP contribution in [0.2, 0.25) is 0 Å². The Balaban J connectivity index is 1.75.